The van der Waals surface area contributed by atoms with E-state index in [1.807, 2.05) is 59.0 Å². The summed E-state index contributed by atoms with van der Waals surface area (Å²) in [6.45, 7) is 0. The maximum absolute atomic E-state index is 13.6. The van der Waals surface area contributed by atoms with E-state index in [0.717, 1.165) is 22.0 Å². The van der Waals surface area contributed by atoms with E-state index in [4.69, 9.17) is 0 Å². The van der Waals surface area contributed by atoms with Gasteiger partial charge in [-0.1, -0.05) is 36.4 Å². The van der Waals surface area contributed by atoms with Crippen LogP contribution in [0.2, 0.25) is 0 Å². The summed E-state index contributed by atoms with van der Waals surface area (Å²) >= 11 is 2.03. The second kappa shape index (κ2) is 4.65. The molecule has 0 atom stereocenters. The molecule has 1 heterocycles. The van der Waals surface area contributed by atoms with Crippen LogP contribution in [0.4, 0.5) is 4.39 Å². The van der Waals surface area contributed by atoms with Gasteiger partial charge in [0.05, 0.1) is 9.26 Å². The van der Waals surface area contributed by atoms with E-state index in [1.165, 1.54) is 6.07 Å². The van der Waals surface area contributed by atoms with Crippen molar-refractivity contribution in [2.24, 2.45) is 0 Å². The largest absolute Gasteiger partial charge is 0.256 e. The molecule has 1 nitrogen and oxygen atoms in total. The molecular formula is C15H9FIN. The molecule has 0 fully saturated rings. The normalized spacial score (nSPS) is 10.8. The minimum absolute atomic E-state index is 0.206. The van der Waals surface area contributed by atoms with Crippen LogP contribution in [-0.4, -0.2) is 4.98 Å². The second-order valence-electron chi connectivity index (χ2n) is 3.98. The zero-order valence-electron chi connectivity index (χ0n) is 9.40. The van der Waals surface area contributed by atoms with Crippen molar-refractivity contribution < 1.29 is 4.39 Å². The van der Waals surface area contributed by atoms with Gasteiger partial charge in [0.15, 0.2) is 0 Å². The minimum Gasteiger partial charge on any atom is -0.256 e. The lowest BCUT2D eigenvalue weighted by atomic mass is 10.0. The fourth-order valence-corrected chi connectivity index (χ4v) is 2.64. The molecule has 0 unspecified atom stereocenters. The van der Waals surface area contributed by atoms with Crippen LogP contribution in [0.1, 0.15) is 0 Å². The monoisotopic (exact) mass is 349 g/mol. The van der Waals surface area contributed by atoms with Crippen LogP contribution < -0.4 is 0 Å². The first-order valence-electron chi connectivity index (χ1n) is 5.55. The van der Waals surface area contributed by atoms with E-state index < -0.39 is 0 Å². The average molecular weight is 349 g/mol. The molecule has 2 aromatic carbocycles. The lowest BCUT2D eigenvalue weighted by Crippen LogP contribution is -1.91. The zero-order chi connectivity index (χ0) is 12.5. The molecule has 0 N–H and O–H groups in total. The molecule has 0 amide bonds. The molecule has 3 rings (SSSR count). The first-order valence-corrected chi connectivity index (χ1v) is 6.63. The van der Waals surface area contributed by atoms with E-state index in [1.54, 1.807) is 12.3 Å². The standard InChI is InChI=1S/C15H9FIN/c16-13-7-3-6-12(14(13)17)15-11-5-2-1-4-10(11)8-9-18-15/h1-9H. The third-order valence-electron chi connectivity index (χ3n) is 2.88. The number of aromatic nitrogens is 1. The highest BCUT2D eigenvalue weighted by atomic mass is 127. The van der Waals surface area contributed by atoms with E-state index >= 15 is 0 Å². The highest BCUT2D eigenvalue weighted by Gasteiger charge is 2.11. The van der Waals surface area contributed by atoms with Crippen molar-refractivity contribution in [3.8, 4) is 11.3 Å². The van der Waals surface area contributed by atoms with Crippen molar-refractivity contribution in [2.75, 3.05) is 0 Å². The van der Waals surface area contributed by atoms with Crippen LogP contribution in [0.3, 0.4) is 0 Å². The van der Waals surface area contributed by atoms with E-state index in [9.17, 15) is 4.39 Å². The summed E-state index contributed by atoms with van der Waals surface area (Å²) < 4.78 is 14.2. The molecular weight excluding hydrogens is 340 g/mol. The average Bonchev–Trinajstić information content (AvgIpc) is 2.41. The third-order valence-corrected chi connectivity index (χ3v) is 3.98. The number of nitrogens with zero attached hydrogens (tertiary/aromatic N) is 1. The van der Waals surface area contributed by atoms with Gasteiger partial charge >= 0.3 is 0 Å². The SMILES string of the molecule is Fc1cccc(-c2nccc3ccccc23)c1I. The number of hydrogen-bond acceptors (Lipinski definition) is 1. The first-order chi connectivity index (χ1) is 8.77. The maximum atomic E-state index is 13.6. The van der Waals surface area contributed by atoms with Crippen molar-refractivity contribution in [2.45, 2.75) is 0 Å². The Labute approximate surface area is 118 Å². The summed E-state index contributed by atoms with van der Waals surface area (Å²) in [6.07, 6.45) is 1.76. The fraction of sp³-hybridized carbons (Fsp3) is 0. The number of rotatable bonds is 1. The Kier molecular flexibility index (Phi) is 2.99. The highest BCUT2D eigenvalue weighted by molar-refractivity contribution is 14.1. The van der Waals surface area contributed by atoms with Crippen LogP contribution in [0.15, 0.2) is 54.7 Å². The summed E-state index contributed by atoms with van der Waals surface area (Å²) in [5.74, 6) is -0.206. The predicted molar refractivity (Wildman–Crippen MR) is 79.9 cm³/mol. The molecule has 0 bridgehead atoms. The zero-order valence-corrected chi connectivity index (χ0v) is 11.6. The lowest BCUT2D eigenvalue weighted by molar-refractivity contribution is 0.621. The Balaban J connectivity index is 2.35. The van der Waals surface area contributed by atoms with Gasteiger partial charge in [-0.15, -0.1) is 0 Å². The van der Waals surface area contributed by atoms with Gasteiger partial charge in [-0.25, -0.2) is 4.39 Å². The smallest absolute Gasteiger partial charge is 0.137 e. The molecule has 0 aliphatic heterocycles. The molecule has 0 aliphatic rings. The van der Waals surface area contributed by atoms with Gasteiger partial charge in [-0.3, -0.25) is 4.98 Å². The van der Waals surface area contributed by atoms with Crippen molar-refractivity contribution in [1.29, 1.82) is 0 Å². The van der Waals surface area contributed by atoms with Crippen molar-refractivity contribution in [1.82, 2.24) is 4.98 Å². The molecule has 18 heavy (non-hydrogen) atoms. The van der Waals surface area contributed by atoms with Crippen molar-refractivity contribution in [3.05, 3.63) is 64.1 Å². The van der Waals surface area contributed by atoms with E-state index in [2.05, 4.69) is 4.98 Å². The second-order valence-corrected chi connectivity index (χ2v) is 5.06. The van der Waals surface area contributed by atoms with Crippen LogP contribution in [-0.2, 0) is 0 Å². The maximum Gasteiger partial charge on any atom is 0.137 e. The Bertz CT molecular complexity index is 719. The molecule has 0 radical (unpaired) electrons. The molecule has 3 heteroatoms. The molecule has 1 aromatic heterocycles. The lowest BCUT2D eigenvalue weighted by Gasteiger charge is -2.08. The third kappa shape index (κ3) is 1.88. The first kappa shape index (κ1) is 11.6. The number of halogens is 2. The molecule has 0 aliphatic carbocycles. The number of pyridine rings is 1. The Hall–Kier alpha value is -1.49. The Morgan fingerprint density at radius 1 is 0.944 bits per heavy atom. The molecule has 88 valence electrons. The van der Waals surface area contributed by atoms with Crippen molar-refractivity contribution in [3.63, 3.8) is 0 Å². The summed E-state index contributed by atoms with van der Waals surface area (Å²) in [5, 5.41) is 2.16. The summed E-state index contributed by atoms with van der Waals surface area (Å²) in [5.41, 5.74) is 1.67. The fourth-order valence-electron chi connectivity index (χ4n) is 2.02. The van der Waals surface area contributed by atoms with Crippen LogP contribution in [0.25, 0.3) is 22.0 Å². The Morgan fingerprint density at radius 3 is 2.67 bits per heavy atom. The molecule has 0 spiro atoms. The molecule has 3 aromatic rings. The number of hydrogen-bond donors (Lipinski definition) is 0. The molecule has 0 saturated carbocycles. The van der Waals surface area contributed by atoms with Gasteiger partial charge in [0.2, 0.25) is 0 Å². The van der Waals surface area contributed by atoms with Gasteiger partial charge in [0.1, 0.15) is 5.82 Å². The van der Waals surface area contributed by atoms with Gasteiger partial charge in [-0.05, 0) is 40.1 Å². The number of benzene rings is 2. The Morgan fingerprint density at radius 2 is 1.78 bits per heavy atom. The topological polar surface area (TPSA) is 12.9 Å². The van der Waals surface area contributed by atoms with Gasteiger partial charge in [0.25, 0.3) is 0 Å². The van der Waals surface area contributed by atoms with Crippen LogP contribution >= 0.6 is 22.6 Å². The van der Waals surface area contributed by atoms with Crippen LogP contribution in [0, 0.1) is 9.39 Å². The van der Waals surface area contributed by atoms with Crippen LogP contribution in [0.5, 0.6) is 0 Å². The summed E-state index contributed by atoms with van der Waals surface area (Å²) in [4.78, 5) is 4.41. The van der Waals surface area contributed by atoms with E-state index in [0.29, 0.717) is 3.57 Å². The molecule has 0 saturated heterocycles. The van der Waals surface area contributed by atoms with Gasteiger partial charge in [-0.2, -0.15) is 0 Å². The summed E-state index contributed by atoms with van der Waals surface area (Å²) in [6, 6.07) is 15.1. The predicted octanol–water partition coefficient (Wildman–Crippen LogP) is 4.65. The minimum atomic E-state index is -0.206. The van der Waals surface area contributed by atoms with Gasteiger partial charge in [0, 0.05) is 17.1 Å². The van der Waals surface area contributed by atoms with E-state index in [-0.39, 0.29) is 5.82 Å². The quantitative estimate of drug-likeness (QED) is 0.583. The summed E-state index contributed by atoms with van der Waals surface area (Å²) in [7, 11) is 0. The van der Waals surface area contributed by atoms with Gasteiger partial charge < -0.3 is 0 Å². The highest BCUT2D eigenvalue weighted by Crippen LogP contribution is 2.30. The number of fused-ring (bicyclic) bond motifs is 1. The van der Waals surface area contributed by atoms with Crippen molar-refractivity contribution >= 4 is 33.4 Å².